The fourth-order valence-electron chi connectivity index (χ4n) is 4.71. The van der Waals surface area contributed by atoms with E-state index in [2.05, 4.69) is 0 Å². The first-order valence-corrected chi connectivity index (χ1v) is 12.3. The Bertz CT molecular complexity index is 1130. The first-order valence-electron chi connectivity index (χ1n) is 12.3. The van der Waals surface area contributed by atoms with Crippen molar-refractivity contribution >= 4 is 17.9 Å². The minimum Gasteiger partial charge on any atom is -0.455 e. The summed E-state index contributed by atoms with van der Waals surface area (Å²) in [6, 6.07) is 29.2. The molecule has 8 nitrogen and oxygen atoms in total. The Morgan fingerprint density at radius 2 is 1.03 bits per heavy atom. The van der Waals surface area contributed by atoms with Gasteiger partial charge >= 0.3 is 17.9 Å². The highest BCUT2D eigenvalue weighted by molar-refractivity contribution is 5.68. The lowest BCUT2D eigenvalue weighted by atomic mass is 9.80. The first kappa shape index (κ1) is 27.0. The second-order valence-electron chi connectivity index (χ2n) is 8.89. The second kappa shape index (κ2) is 12.0. The molecule has 4 rings (SSSR count). The molecular formula is C30H30O8. The van der Waals surface area contributed by atoms with Gasteiger partial charge in [-0.3, -0.25) is 14.4 Å². The van der Waals surface area contributed by atoms with Gasteiger partial charge in [0.25, 0.3) is 0 Å². The number of ether oxygens (including phenoxy) is 5. The molecule has 0 aromatic heterocycles. The van der Waals surface area contributed by atoms with Crippen LogP contribution >= 0.6 is 0 Å². The standard InChI is InChI=1S/C30H30O8/c1-20(31)35-27-26(38-29(37-22(3)33)28(27)36-21(2)32)19-34-30(23-13-7-4-8-14-23,24-15-9-5-10-16-24)25-17-11-6-12-18-25/h4-18,26-29H,19H2,1-3H3. The van der Waals surface area contributed by atoms with E-state index in [9.17, 15) is 14.4 Å². The molecule has 1 aliphatic heterocycles. The Hall–Kier alpha value is -4.01. The van der Waals surface area contributed by atoms with Crippen molar-refractivity contribution in [1.29, 1.82) is 0 Å². The molecule has 3 aromatic carbocycles. The Labute approximate surface area is 221 Å². The van der Waals surface area contributed by atoms with Gasteiger partial charge in [-0.2, -0.15) is 0 Å². The molecule has 3 aromatic rings. The van der Waals surface area contributed by atoms with Crippen LogP contribution in [0.1, 0.15) is 37.5 Å². The Morgan fingerprint density at radius 1 is 0.632 bits per heavy atom. The summed E-state index contributed by atoms with van der Waals surface area (Å²) >= 11 is 0. The van der Waals surface area contributed by atoms with Gasteiger partial charge in [0, 0.05) is 20.8 Å². The zero-order valence-corrected chi connectivity index (χ0v) is 21.4. The SMILES string of the molecule is CC(=O)OC1OC(COC(c2ccccc2)(c2ccccc2)c2ccccc2)C(OC(C)=O)C1OC(C)=O. The van der Waals surface area contributed by atoms with Crippen molar-refractivity contribution < 1.29 is 38.1 Å². The molecule has 0 aliphatic carbocycles. The maximum Gasteiger partial charge on any atom is 0.305 e. The molecule has 0 spiro atoms. The first-order chi connectivity index (χ1) is 18.3. The minimum absolute atomic E-state index is 0.0911. The third-order valence-electron chi connectivity index (χ3n) is 6.16. The fourth-order valence-corrected chi connectivity index (χ4v) is 4.71. The lowest BCUT2D eigenvalue weighted by Crippen LogP contribution is -2.43. The normalized spacial score (nSPS) is 20.9. The smallest absolute Gasteiger partial charge is 0.305 e. The summed E-state index contributed by atoms with van der Waals surface area (Å²) in [4.78, 5) is 35.6. The molecule has 1 fully saturated rings. The Kier molecular flexibility index (Phi) is 8.55. The van der Waals surface area contributed by atoms with Crippen LogP contribution in [0.25, 0.3) is 0 Å². The summed E-state index contributed by atoms with van der Waals surface area (Å²) in [5.41, 5.74) is 1.54. The lowest BCUT2D eigenvalue weighted by Gasteiger charge is -2.37. The molecule has 0 saturated carbocycles. The molecule has 0 N–H and O–H groups in total. The van der Waals surface area contributed by atoms with Crippen molar-refractivity contribution in [3.05, 3.63) is 108 Å². The molecule has 1 heterocycles. The summed E-state index contributed by atoms with van der Waals surface area (Å²) < 4.78 is 28.9. The number of benzene rings is 3. The average molecular weight is 519 g/mol. The maximum absolute atomic E-state index is 12.0. The Balaban J connectivity index is 1.77. The number of hydrogen-bond acceptors (Lipinski definition) is 8. The van der Waals surface area contributed by atoms with Crippen LogP contribution < -0.4 is 0 Å². The van der Waals surface area contributed by atoms with E-state index in [4.69, 9.17) is 23.7 Å². The molecule has 1 aliphatic rings. The van der Waals surface area contributed by atoms with Crippen LogP contribution in [0, 0.1) is 0 Å². The van der Waals surface area contributed by atoms with Crippen molar-refractivity contribution in [1.82, 2.24) is 0 Å². The number of carbonyl (C=O) groups is 3. The molecular weight excluding hydrogens is 488 g/mol. The molecule has 0 bridgehead atoms. The number of carbonyl (C=O) groups excluding carboxylic acids is 3. The van der Waals surface area contributed by atoms with E-state index in [-0.39, 0.29) is 6.61 Å². The summed E-state index contributed by atoms with van der Waals surface area (Å²) in [5.74, 6) is -1.88. The monoisotopic (exact) mass is 518 g/mol. The number of hydrogen-bond donors (Lipinski definition) is 0. The molecule has 4 unspecified atom stereocenters. The largest absolute Gasteiger partial charge is 0.455 e. The zero-order valence-electron chi connectivity index (χ0n) is 21.4. The van der Waals surface area contributed by atoms with Gasteiger partial charge in [0.2, 0.25) is 12.4 Å². The van der Waals surface area contributed by atoms with E-state index in [1.54, 1.807) is 0 Å². The van der Waals surface area contributed by atoms with Crippen molar-refractivity contribution in [2.24, 2.45) is 0 Å². The summed E-state index contributed by atoms with van der Waals surface area (Å²) in [6.07, 6.45) is -4.41. The van der Waals surface area contributed by atoms with Crippen LogP contribution in [0.4, 0.5) is 0 Å². The fraction of sp³-hybridized carbons (Fsp3) is 0.300. The second-order valence-corrected chi connectivity index (χ2v) is 8.89. The molecule has 1 saturated heterocycles. The quantitative estimate of drug-likeness (QED) is 0.237. The third-order valence-corrected chi connectivity index (χ3v) is 6.16. The van der Waals surface area contributed by atoms with E-state index in [0.717, 1.165) is 16.7 Å². The van der Waals surface area contributed by atoms with Crippen molar-refractivity contribution in [3.8, 4) is 0 Å². The van der Waals surface area contributed by atoms with E-state index in [1.165, 1.54) is 20.8 Å². The van der Waals surface area contributed by atoms with Crippen LogP contribution in [0.15, 0.2) is 91.0 Å². The Morgan fingerprint density at radius 3 is 1.42 bits per heavy atom. The molecule has 8 heteroatoms. The van der Waals surface area contributed by atoms with Gasteiger partial charge in [-0.1, -0.05) is 91.0 Å². The summed E-state index contributed by atoms with van der Waals surface area (Å²) in [7, 11) is 0. The van der Waals surface area contributed by atoms with Crippen molar-refractivity contribution in [3.63, 3.8) is 0 Å². The van der Waals surface area contributed by atoms with Gasteiger partial charge < -0.3 is 23.7 Å². The molecule has 0 radical (unpaired) electrons. The topological polar surface area (TPSA) is 97.4 Å². The minimum atomic E-state index is -1.27. The van der Waals surface area contributed by atoms with E-state index >= 15 is 0 Å². The van der Waals surface area contributed by atoms with E-state index in [1.807, 2.05) is 91.0 Å². The predicted molar refractivity (Wildman–Crippen MR) is 137 cm³/mol. The number of esters is 3. The van der Waals surface area contributed by atoms with Gasteiger partial charge in [0.05, 0.1) is 6.61 Å². The van der Waals surface area contributed by atoms with E-state index < -0.39 is 48.1 Å². The highest BCUT2D eigenvalue weighted by Crippen LogP contribution is 2.41. The van der Waals surface area contributed by atoms with Gasteiger partial charge in [0.1, 0.15) is 11.7 Å². The van der Waals surface area contributed by atoms with Crippen LogP contribution in [0.2, 0.25) is 0 Å². The molecule has 0 amide bonds. The van der Waals surface area contributed by atoms with Crippen LogP contribution in [0.3, 0.4) is 0 Å². The molecule has 38 heavy (non-hydrogen) atoms. The van der Waals surface area contributed by atoms with Crippen LogP contribution in [0.5, 0.6) is 0 Å². The highest BCUT2D eigenvalue weighted by Gasteiger charge is 2.52. The van der Waals surface area contributed by atoms with E-state index in [0.29, 0.717) is 0 Å². The van der Waals surface area contributed by atoms with Gasteiger partial charge in [-0.05, 0) is 16.7 Å². The maximum atomic E-state index is 12.0. The third kappa shape index (κ3) is 5.93. The zero-order chi connectivity index (χ0) is 27.1. The molecule has 4 atom stereocenters. The van der Waals surface area contributed by atoms with Gasteiger partial charge in [-0.15, -0.1) is 0 Å². The molecule has 198 valence electrons. The number of rotatable bonds is 9. The van der Waals surface area contributed by atoms with Gasteiger partial charge in [0.15, 0.2) is 6.10 Å². The summed E-state index contributed by atoms with van der Waals surface area (Å²) in [5, 5.41) is 0. The summed E-state index contributed by atoms with van der Waals surface area (Å²) in [6.45, 7) is 3.57. The van der Waals surface area contributed by atoms with Gasteiger partial charge in [-0.25, -0.2) is 0 Å². The highest BCUT2D eigenvalue weighted by atomic mass is 16.8. The van der Waals surface area contributed by atoms with Crippen molar-refractivity contribution in [2.45, 2.75) is 51.0 Å². The van der Waals surface area contributed by atoms with Crippen LogP contribution in [-0.2, 0) is 43.7 Å². The lowest BCUT2D eigenvalue weighted by molar-refractivity contribution is -0.198. The van der Waals surface area contributed by atoms with Crippen molar-refractivity contribution in [2.75, 3.05) is 6.61 Å². The average Bonchev–Trinajstić information content (AvgIpc) is 3.20. The predicted octanol–water partition coefficient (Wildman–Crippen LogP) is 4.15. The van der Waals surface area contributed by atoms with Crippen LogP contribution in [-0.4, -0.2) is 49.1 Å².